The predicted octanol–water partition coefficient (Wildman–Crippen LogP) is 0.0504. The Morgan fingerprint density at radius 2 is 1.54 bits per heavy atom. The molecule has 1 aromatic carbocycles. The third kappa shape index (κ3) is 6.50. The molecule has 0 saturated carbocycles. The van der Waals surface area contributed by atoms with Gasteiger partial charge < -0.3 is 29.6 Å². The number of hydrogen-bond acceptors (Lipinski definition) is 7. The summed E-state index contributed by atoms with van der Waals surface area (Å²) in [7, 11) is 4.42. The number of methoxy groups -OCH3 is 3. The Labute approximate surface area is 151 Å². The van der Waals surface area contributed by atoms with Crippen LogP contribution in [0.5, 0.6) is 17.2 Å². The van der Waals surface area contributed by atoms with Crippen molar-refractivity contribution in [3.05, 3.63) is 17.7 Å². The third-order valence-electron chi connectivity index (χ3n) is 3.26. The van der Waals surface area contributed by atoms with E-state index in [-0.39, 0.29) is 18.9 Å². The normalized spacial score (nSPS) is 9.85. The molecule has 0 spiro atoms. The van der Waals surface area contributed by atoms with E-state index in [4.69, 9.17) is 18.9 Å². The lowest BCUT2D eigenvalue weighted by molar-refractivity contribution is -0.147. The quantitative estimate of drug-likeness (QED) is 0.561. The number of carbonyl (C=O) groups excluding carboxylic acids is 3. The van der Waals surface area contributed by atoms with Gasteiger partial charge in [0, 0.05) is 6.54 Å². The van der Waals surface area contributed by atoms with Gasteiger partial charge in [-0.15, -0.1) is 0 Å². The molecule has 0 radical (unpaired) electrons. The number of amides is 2. The van der Waals surface area contributed by atoms with Crippen LogP contribution in [0.4, 0.5) is 0 Å². The third-order valence-corrected chi connectivity index (χ3v) is 3.26. The van der Waals surface area contributed by atoms with Crippen LogP contribution >= 0.6 is 0 Å². The average Bonchev–Trinajstić information content (AvgIpc) is 2.63. The molecule has 2 N–H and O–H groups in total. The van der Waals surface area contributed by atoms with Gasteiger partial charge in [0.25, 0.3) is 5.91 Å². The van der Waals surface area contributed by atoms with E-state index in [0.29, 0.717) is 29.4 Å². The number of rotatable bonds is 10. The van der Waals surface area contributed by atoms with E-state index < -0.39 is 18.5 Å². The summed E-state index contributed by atoms with van der Waals surface area (Å²) >= 11 is 0. The Morgan fingerprint density at radius 3 is 2.04 bits per heavy atom. The fourth-order valence-corrected chi connectivity index (χ4v) is 2.09. The van der Waals surface area contributed by atoms with Crippen LogP contribution in [0.25, 0.3) is 0 Å². The molecule has 0 fully saturated rings. The van der Waals surface area contributed by atoms with E-state index in [0.717, 1.165) is 0 Å². The van der Waals surface area contributed by atoms with Gasteiger partial charge in [-0.2, -0.15) is 0 Å². The van der Waals surface area contributed by atoms with Crippen molar-refractivity contribution in [1.82, 2.24) is 10.6 Å². The van der Waals surface area contributed by atoms with Gasteiger partial charge in [0.2, 0.25) is 11.7 Å². The molecule has 2 amide bonds. The van der Waals surface area contributed by atoms with Crippen LogP contribution < -0.4 is 24.8 Å². The Hall–Kier alpha value is -2.97. The summed E-state index contributed by atoms with van der Waals surface area (Å²) in [6, 6.07) is 3.25. The molecular weight excluding hydrogens is 344 g/mol. The minimum absolute atomic E-state index is 0.0830. The minimum atomic E-state index is -0.604. The second-order valence-corrected chi connectivity index (χ2v) is 5.10. The zero-order valence-corrected chi connectivity index (χ0v) is 15.3. The first-order valence-corrected chi connectivity index (χ1v) is 7.93. The van der Waals surface area contributed by atoms with Gasteiger partial charge >= 0.3 is 5.97 Å². The monoisotopic (exact) mass is 368 g/mol. The van der Waals surface area contributed by atoms with Crippen molar-refractivity contribution in [1.29, 1.82) is 0 Å². The molecule has 0 atom stereocenters. The maximum Gasteiger partial charge on any atom is 0.310 e. The second-order valence-electron chi connectivity index (χ2n) is 5.10. The summed E-state index contributed by atoms with van der Waals surface area (Å²) in [4.78, 5) is 34.7. The van der Waals surface area contributed by atoms with E-state index in [1.165, 1.54) is 21.3 Å². The largest absolute Gasteiger partial charge is 0.493 e. The summed E-state index contributed by atoms with van der Waals surface area (Å²) in [6.45, 7) is 1.60. The molecule has 0 aliphatic heterocycles. The molecule has 0 aromatic heterocycles. The van der Waals surface area contributed by atoms with Gasteiger partial charge in [-0.05, 0) is 24.6 Å². The Kier molecular flexibility index (Phi) is 8.76. The molecule has 0 aliphatic rings. The molecule has 0 saturated heterocycles. The van der Waals surface area contributed by atoms with Crippen molar-refractivity contribution in [3.8, 4) is 17.2 Å². The highest BCUT2D eigenvalue weighted by atomic mass is 16.5. The van der Waals surface area contributed by atoms with Crippen LogP contribution in [-0.2, 0) is 25.5 Å². The molecule has 1 aromatic rings. The summed E-state index contributed by atoms with van der Waals surface area (Å²) in [6.07, 6.45) is -0.0830. The fraction of sp³-hybridized carbons (Fsp3) is 0.471. The molecule has 0 aliphatic carbocycles. The number of hydrogen-bond donors (Lipinski definition) is 2. The first-order chi connectivity index (χ1) is 12.4. The van der Waals surface area contributed by atoms with Crippen LogP contribution in [0.1, 0.15) is 12.5 Å². The first-order valence-electron chi connectivity index (χ1n) is 7.93. The van der Waals surface area contributed by atoms with Crippen molar-refractivity contribution in [2.45, 2.75) is 13.3 Å². The highest BCUT2D eigenvalue weighted by Gasteiger charge is 2.16. The van der Waals surface area contributed by atoms with Gasteiger partial charge in [-0.3, -0.25) is 14.4 Å². The number of likely N-dealkylation sites (N-methyl/N-ethyl adjacent to an activating group) is 1. The van der Waals surface area contributed by atoms with E-state index in [2.05, 4.69) is 10.6 Å². The molecule has 26 heavy (non-hydrogen) atoms. The van der Waals surface area contributed by atoms with Crippen molar-refractivity contribution >= 4 is 17.8 Å². The number of esters is 1. The second kappa shape index (κ2) is 10.8. The summed E-state index contributed by atoms with van der Waals surface area (Å²) < 4.78 is 20.5. The molecule has 9 heteroatoms. The van der Waals surface area contributed by atoms with Gasteiger partial charge in [0.05, 0.1) is 34.3 Å². The lowest BCUT2D eigenvalue weighted by Gasteiger charge is -2.14. The van der Waals surface area contributed by atoms with Crippen molar-refractivity contribution < 1.29 is 33.3 Å². The summed E-state index contributed by atoms with van der Waals surface area (Å²) in [5.74, 6) is -0.243. The smallest absolute Gasteiger partial charge is 0.310 e. The molecule has 9 nitrogen and oxygen atoms in total. The summed E-state index contributed by atoms with van der Waals surface area (Å²) in [5.41, 5.74) is 0.576. The molecule has 0 unspecified atom stereocenters. The van der Waals surface area contributed by atoms with Crippen LogP contribution in [0.15, 0.2) is 12.1 Å². The lowest BCUT2D eigenvalue weighted by Crippen LogP contribution is -2.38. The van der Waals surface area contributed by atoms with Crippen molar-refractivity contribution in [2.75, 3.05) is 41.0 Å². The van der Waals surface area contributed by atoms with E-state index in [9.17, 15) is 14.4 Å². The highest BCUT2D eigenvalue weighted by Crippen LogP contribution is 2.38. The maximum absolute atomic E-state index is 11.9. The van der Waals surface area contributed by atoms with Gasteiger partial charge in [-0.25, -0.2) is 0 Å². The molecule has 1 rings (SSSR count). The first kappa shape index (κ1) is 21.1. The summed E-state index contributed by atoms with van der Waals surface area (Å²) in [5, 5.41) is 4.89. The van der Waals surface area contributed by atoms with Crippen LogP contribution in [0.3, 0.4) is 0 Å². The topological polar surface area (TPSA) is 112 Å². The van der Waals surface area contributed by atoms with E-state index in [1.807, 2.05) is 0 Å². The highest BCUT2D eigenvalue weighted by molar-refractivity contribution is 5.86. The van der Waals surface area contributed by atoms with E-state index >= 15 is 0 Å². The molecule has 0 bridgehead atoms. The standard InChI is InChI=1S/C17H24N2O7/c1-5-18-14(20)9-19-15(21)10-26-16(22)8-11-6-12(23-2)17(25-4)13(7-11)24-3/h6-7H,5,8-10H2,1-4H3,(H,18,20)(H,19,21). The zero-order chi connectivity index (χ0) is 19.5. The Balaban J connectivity index is 2.57. The SMILES string of the molecule is CCNC(=O)CNC(=O)COC(=O)Cc1cc(OC)c(OC)c(OC)c1. The minimum Gasteiger partial charge on any atom is -0.493 e. The van der Waals surface area contributed by atoms with Crippen LogP contribution in [-0.4, -0.2) is 58.8 Å². The zero-order valence-electron chi connectivity index (χ0n) is 15.3. The van der Waals surface area contributed by atoms with Crippen molar-refractivity contribution in [2.24, 2.45) is 0 Å². The molecule has 0 heterocycles. The number of benzene rings is 1. The van der Waals surface area contributed by atoms with Crippen LogP contribution in [0.2, 0.25) is 0 Å². The Bertz CT molecular complexity index is 621. The fourth-order valence-electron chi connectivity index (χ4n) is 2.09. The molecule has 144 valence electrons. The van der Waals surface area contributed by atoms with Crippen LogP contribution in [0, 0.1) is 0 Å². The number of carbonyl (C=O) groups is 3. The van der Waals surface area contributed by atoms with E-state index in [1.54, 1.807) is 19.1 Å². The van der Waals surface area contributed by atoms with Gasteiger partial charge in [0.1, 0.15) is 0 Å². The van der Waals surface area contributed by atoms with Gasteiger partial charge in [0.15, 0.2) is 18.1 Å². The lowest BCUT2D eigenvalue weighted by atomic mass is 10.1. The average molecular weight is 368 g/mol. The maximum atomic E-state index is 11.9. The Morgan fingerprint density at radius 1 is 0.923 bits per heavy atom. The van der Waals surface area contributed by atoms with Crippen molar-refractivity contribution in [3.63, 3.8) is 0 Å². The molecular formula is C17H24N2O7. The van der Waals surface area contributed by atoms with Gasteiger partial charge in [-0.1, -0.05) is 0 Å². The number of nitrogens with one attached hydrogen (secondary N) is 2. The predicted molar refractivity (Wildman–Crippen MR) is 92.5 cm³/mol. The number of ether oxygens (including phenoxy) is 4.